The van der Waals surface area contributed by atoms with Gasteiger partial charge in [0.1, 0.15) is 0 Å². The van der Waals surface area contributed by atoms with E-state index in [1.54, 1.807) is 41.5 Å². The van der Waals surface area contributed by atoms with Gasteiger partial charge in [-0.1, -0.05) is 41.5 Å². The van der Waals surface area contributed by atoms with Crippen molar-refractivity contribution in [3.05, 3.63) is 0 Å². The predicted molar refractivity (Wildman–Crippen MR) is 39.5 cm³/mol. The summed E-state index contributed by atoms with van der Waals surface area (Å²) in [6, 6.07) is 0. The Morgan fingerprint density at radius 1 is 0.636 bits per heavy atom. The number of rotatable bonds is 0. The Morgan fingerprint density at radius 3 is 0.636 bits per heavy atom. The van der Waals surface area contributed by atoms with Gasteiger partial charge in [-0.3, -0.25) is 0 Å². The van der Waals surface area contributed by atoms with E-state index in [4.69, 9.17) is 0 Å². The first-order valence-corrected chi connectivity index (χ1v) is 3.41. The van der Waals surface area contributed by atoms with E-state index in [1.165, 1.54) is 0 Å². The zero-order valence-electron chi connectivity index (χ0n) is 8.22. The van der Waals surface area contributed by atoms with Crippen molar-refractivity contribution in [3.8, 4) is 0 Å². The molecule has 0 fully saturated rings. The van der Waals surface area contributed by atoms with Crippen molar-refractivity contribution in [2.24, 2.45) is 0 Å². The van der Waals surface area contributed by atoms with Gasteiger partial charge < -0.3 is 10.2 Å². The van der Waals surface area contributed by atoms with Crippen molar-refractivity contribution in [1.82, 2.24) is 0 Å². The van der Waals surface area contributed by atoms with Crippen LogP contribution in [0.15, 0.2) is 0 Å². The van der Waals surface area contributed by atoms with Crippen molar-refractivity contribution in [1.29, 1.82) is 0 Å². The summed E-state index contributed by atoms with van der Waals surface area (Å²) >= 11 is 0. The molecule has 0 saturated carbocycles. The summed E-state index contributed by atoms with van der Waals surface area (Å²) in [5, 5.41) is 20.2. The second kappa shape index (κ2) is 6.16. The molecule has 11 heavy (non-hydrogen) atoms. The van der Waals surface area contributed by atoms with Gasteiger partial charge in [0, 0.05) is 0 Å². The van der Waals surface area contributed by atoms with Gasteiger partial charge >= 0.3 is 21.1 Å². The molecular formula is C8H18MoO2+2. The Labute approximate surface area is 84.3 Å². The van der Waals surface area contributed by atoms with Gasteiger partial charge in [0.2, 0.25) is 0 Å². The van der Waals surface area contributed by atoms with Gasteiger partial charge in [0.25, 0.3) is 0 Å². The standard InChI is InChI=1S/2C4H9O.Mo/c2*1-4(2,3)5;/h2*1-3H3;/q2*-1;+4. The molecule has 0 aliphatic carbocycles. The molecule has 0 aliphatic rings. The molecule has 0 heterocycles. The quantitative estimate of drug-likeness (QED) is 0.573. The van der Waals surface area contributed by atoms with Crippen LogP contribution in [-0.2, 0) is 21.1 Å². The Kier molecular flexibility index (Phi) is 9.87. The number of hydrogen-bond acceptors (Lipinski definition) is 2. The van der Waals surface area contributed by atoms with E-state index >= 15 is 0 Å². The van der Waals surface area contributed by atoms with E-state index in [2.05, 4.69) is 0 Å². The van der Waals surface area contributed by atoms with E-state index in [9.17, 15) is 10.2 Å². The minimum Gasteiger partial charge on any atom is -0.850 e. The summed E-state index contributed by atoms with van der Waals surface area (Å²) in [4.78, 5) is 0. The van der Waals surface area contributed by atoms with Gasteiger partial charge in [-0.2, -0.15) is 0 Å². The molecular weight excluding hydrogens is 224 g/mol. The summed E-state index contributed by atoms with van der Waals surface area (Å²) in [6.45, 7) is 9.79. The summed E-state index contributed by atoms with van der Waals surface area (Å²) in [5.41, 5.74) is -1.50. The van der Waals surface area contributed by atoms with E-state index in [1.807, 2.05) is 0 Å². The normalized spacial score (nSPS) is 10.9. The zero-order chi connectivity index (χ0) is 9.00. The molecule has 0 bridgehead atoms. The fraction of sp³-hybridized carbons (Fsp3) is 1.00. The van der Waals surface area contributed by atoms with Crippen LogP contribution in [0.3, 0.4) is 0 Å². The maximum atomic E-state index is 10.1. The third-order valence-corrected chi connectivity index (χ3v) is 0. The third-order valence-electron chi connectivity index (χ3n) is 0. The molecule has 0 spiro atoms. The van der Waals surface area contributed by atoms with Crippen LogP contribution in [0.25, 0.3) is 0 Å². The average Bonchev–Trinajstić information content (AvgIpc) is 1.12. The first kappa shape index (κ1) is 17.6. The molecule has 0 amide bonds. The van der Waals surface area contributed by atoms with Crippen LogP contribution in [-0.4, -0.2) is 11.2 Å². The van der Waals surface area contributed by atoms with Gasteiger partial charge in [-0.05, 0) is 0 Å². The van der Waals surface area contributed by atoms with Gasteiger partial charge in [-0.15, -0.1) is 11.2 Å². The fourth-order valence-corrected chi connectivity index (χ4v) is 0. The van der Waals surface area contributed by atoms with E-state index < -0.39 is 11.2 Å². The topological polar surface area (TPSA) is 46.1 Å². The molecule has 0 N–H and O–H groups in total. The van der Waals surface area contributed by atoms with Crippen LogP contribution in [0.2, 0.25) is 0 Å². The van der Waals surface area contributed by atoms with Gasteiger partial charge in [0.05, 0.1) is 0 Å². The molecule has 0 atom stereocenters. The maximum absolute atomic E-state index is 10.1. The van der Waals surface area contributed by atoms with Crippen LogP contribution in [0, 0.1) is 0 Å². The zero-order valence-corrected chi connectivity index (χ0v) is 10.2. The van der Waals surface area contributed by atoms with Crippen molar-refractivity contribution < 1.29 is 31.3 Å². The largest absolute Gasteiger partial charge is 4.00 e. The Morgan fingerprint density at radius 2 is 0.636 bits per heavy atom. The second-order valence-electron chi connectivity index (χ2n) is 4.22. The van der Waals surface area contributed by atoms with Crippen molar-refractivity contribution in [2.45, 2.75) is 52.7 Å². The van der Waals surface area contributed by atoms with E-state index in [0.717, 1.165) is 0 Å². The summed E-state index contributed by atoms with van der Waals surface area (Å²) < 4.78 is 0. The molecule has 0 aromatic heterocycles. The van der Waals surface area contributed by atoms with Crippen molar-refractivity contribution >= 4 is 0 Å². The maximum Gasteiger partial charge on any atom is 4.00 e. The second-order valence-corrected chi connectivity index (χ2v) is 4.22. The van der Waals surface area contributed by atoms with E-state index in [0.29, 0.717) is 0 Å². The Bertz CT molecular complexity index is 55.1. The molecule has 66 valence electrons. The van der Waals surface area contributed by atoms with Crippen LogP contribution in [0.1, 0.15) is 41.5 Å². The van der Waals surface area contributed by atoms with Crippen molar-refractivity contribution in [2.75, 3.05) is 0 Å². The monoisotopic (exact) mass is 244 g/mol. The average molecular weight is 242 g/mol. The van der Waals surface area contributed by atoms with Crippen LogP contribution < -0.4 is 10.2 Å². The Hall–Kier alpha value is 0.608. The van der Waals surface area contributed by atoms with E-state index in [-0.39, 0.29) is 21.1 Å². The molecule has 0 rings (SSSR count). The summed E-state index contributed by atoms with van der Waals surface area (Å²) in [7, 11) is 0. The smallest absolute Gasteiger partial charge is 0.850 e. The Balaban J connectivity index is -0.000000107. The summed E-state index contributed by atoms with van der Waals surface area (Å²) in [5.74, 6) is 0. The van der Waals surface area contributed by atoms with Crippen LogP contribution >= 0.6 is 0 Å². The minimum atomic E-state index is -0.750. The summed E-state index contributed by atoms with van der Waals surface area (Å²) in [6.07, 6.45) is 0. The fourth-order valence-electron chi connectivity index (χ4n) is 0. The SMILES string of the molecule is CC(C)(C)[O-].CC(C)(C)[O-].[Mo+4]. The van der Waals surface area contributed by atoms with Crippen LogP contribution in [0.5, 0.6) is 0 Å². The molecule has 0 unspecified atom stereocenters. The first-order valence-electron chi connectivity index (χ1n) is 3.41. The predicted octanol–water partition coefficient (Wildman–Crippen LogP) is 0.288. The molecule has 3 heteroatoms. The molecule has 0 radical (unpaired) electrons. The molecule has 0 aromatic rings. The minimum absolute atomic E-state index is 0. The van der Waals surface area contributed by atoms with Gasteiger partial charge in [0.15, 0.2) is 0 Å². The van der Waals surface area contributed by atoms with Crippen molar-refractivity contribution in [3.63, 3.8) is 0 Å². The van der Waals surface area contributed by atoms with Gasteiger partial charge in [-0.25, -0.2) is 0 Å². The first-order chi connectivity index (χ1) is 4.00. The van der Waals surface area contributed by atoms with Crippen LogP contribution in [0.4, 0.5) is 0 Å². The number of hydrogen-bond donors (Lipinski definition) is 0. The molecule has 2 nitrogen and oxygen atoms in total. The third kappa shape index (κ3) is 2120. The molecule has 0 aromatic carbocycles. The molecule has 0 saturated heterocycles. The molecule has 0 aliphatic heterocycles.